The number of nitrogens with two attached hydrogens (primary N) is 1. The number of hydrogen-bond donors (Lipinski definition) is 1. The molecule has 0 saturated heterocycles. The number of rotatable bonds is 3. The molecular weight excluding hydrogens is 272 g/mol. The second-order valence-corrected chi connectivity index (χ2v) is 5.34. The molecule has 0 spiro atoms. The predicted octanol–water partition coefficient (Wildman–Crippen LogP) is 3.56. The number of nitrogens with zero attached hydrogens (tertiary/aromatic N) is 1. The maximum atomic E-state index is 5.94. The molecule has 0 aliphatic rings. The van der Waals surface area contributed by atoms with E-state index in [0.29, 0.717) is 11.4 Å². The molecule has 0 amide bonds. The molecule has 2 N–H and O–H groups in total. The molecule has 1 aromatic heterocycles. The smallest absolute Gasteiger partial charge is 0.141 e. The largest absolute Gasteiger partial charge is 0.497 e. The molecule has 1 heterocycles. The van der Waals surface area contributed by atoms with Crippen LogP contribution < -0.4 is 15.2 Å². The van der Waals surface area contributed by atoms with Gasteiger partial charge in [-0.3, -0.25) is 0 Å². The third-order valence-electron chi connectivity index (χ3n) is 3.07. The highest BCUT2D eigenvalue weighted by Crippen LogP contribution is 2.34. The summed E-state index contributed by atoms with van der Waals surface area (Å²) in [5.41, 5.74) is 8.50. The molecule has 0 radical (unpaired) electrons. The average molecular weight is 286 g/mol. The van der Waals surface area contributed by atoms with Crippen molar-refractivity contribution in [2.24, 2.45) is 0 Å². The van der Waals surface area contributed by atoms with Crippen LogP contribution in [0.2, 0.25) is 0 Å². The van der Waals surface area contributed by atoms with Gasteiger partial charge in [0.1, 0.15) is 16.5 Å². The Balaban J connectivity index is 2.07. The molecule has 4 nitrogen and oxygen atoms in total. The highest BCUT2D eigenvalue weighted by atomic mass is 32.1. The molecule has 3 aromatic rings. The number of fused-ring (bicyclic) bond motifs is 1. The molecule has 0 unspecified atom stereocenters. The van der Waals surface area contributed by atoms with Gasteiger partial charge in [-0.1, -0.05) is 0 Å². The summed E-state index contributed by atoms with van der Waals surface area (Å²) in [7, 11) is 3.27. The van der Waals surface area contributed by atoms with Crippen molar-refractivity contribution in [1.29, 1.82) is 0 Å². The van der Waals surface area contributed by atoms with Crippen LogP contribution in [0.1, 0.15) is 0 Å². The summed E-state index contributed by atoms with van der Waals surface area (Å²) >= 11 is 1.61. The van der Waals surface area contributed by atoms with E-state index in [0.717, 1.165) is 26.5 Å². The lowest BCUT2D eigenvalue weighted by Crippen LogP contribution is -1.92. The summed E-state index contributed by atoms with van der Waals surface area (Å²) in [6, 6.07) is 11.6. The molecular formula is C15H14N2O2S. The molecule has 0 fully saturated rings. The minimum atomic E-state index is 0.613. The normalized spacial score (nSPS) is 10.7. The third kappa shape index (κ3) is 2.16. The average Bonchev–Trinajstić information content (AvgIpc) is 2.89. The zero-order valence-corrected chi connectivity index (χ0v) is 12.0. The zero-order chi connectivity index (χ0) is 14.1. The minimum absolute atomic E-state index is 0.613. The van der Waals surface area contributed by atoms with Crippen molar-refractivity contribution in [2.45, 2.75) is 0 Å². The maximum absolute atomic E-state index is 5.94. The Bertz CT molecular complexity index is 768. The fraction of sp³-hybridized carbons (Fsp3) is 0.133. The van der Waals surface area contributed by atoms with Crippen LogP contribution in [0.3, 0.4) is 0 Å². The van der Waals surface area contributed by atoms with Crippen molar-refractivity contribution in [3.05, 3.63) is 36.4 Å². The summed E-state index contributed by atoms with van der Waals surface area (Å²) in [4.78, 5) is 4.62. The molecule has 3 rings (SSSR count). The monoisotopic (exact) mass is 286 g/mol. The Morgan fingerprint density at radius 3 is 2.60 bits per heavy atom. The van der Waals surface area contributed by atoms with Crippen molar-refractivity contribution in [2.75, 3.05) is 20.0 Å². The van der Waals surface area contributed by atoms with Gasteiger partial charge in [-0.25, -0.2) is 4.98 Å². The van der Waals surface area contributed by atoms with Crippen molar-refractivity contribution >= 4 is 27.2 Å². The first-order valence-electron chi connectivity index (χ1n) is 6.09. The Kier molecular flexibility index (Phi) is 3.20. The van der Waals surface area contributed by atoms with Crippen LogP contribution in [0, 0.1) is 0 Å². The number of anilines is 1. The number of methoxy groups -OCH3 is 2. The summed E-state index contributed by atoms with van der Waals surface area (Å²) in [5, 5.41) is 0.933. The first kappa shape index (κ1) is 12.7. The van der Waals surface area contributed by atoms with Crippen LogP contribution in [0.5, 0.6) is 11.5 Å². The van der Waals surface area contributed by atoms with E-state index >= 15 is 0 Å². The second kappa shape index (κ2) is 5.02. The highest BCUT2D eigenvalue weighted by molar-refractivity contribution is 7.21. The van der Waals surface area contributed by atoms with Gasteiger partial charge in [0.15, 0.2) is 0 Å². The van der Waals surface area contributed by atoms with Gasteiger partial charge in [0.25, 0.3) is 0 Å². The standard InChI is InChI=1S/C15H14N2O2S/c1-18-10-4-5-12-14(8-10)20-15(17-12)9-3-6-13(19-2)11(16)7-9/h3-8H,16H2,1-2H3. The Morgan fingerprint density at radius 1 is 1.05 bits per heavy atom. The number of hydrogen-bond acceptors (Lipinski definition) is 5. The second-order valence-electron chi connectivity index (χ2n) is 4.31. The van der Waals surface area contributed by atoms with E-state index in [1.54, 1.807) is 25.6 Å². The van der Waals surface area contributed by atoms with Gasteiger partial charge in [0.05, 0.1) is 30.1 Å². The molecule has 0 aliphatic heterocycles. The van der Waals surface area contributed by atoms with Crippen molar-refractivity contribution in [3.63, 3.8) is 0 Å². The van der Waals surface area contributed by atoms with E-state index in [-0.39, 0.29) is 0 Å². The molecule has 102 valence electrons. The number of benzene rings is 2. The van der Waals surface area contributed by atoms with E-state index in [9.17, 15) is 0 Å². The fourth-order valence-electron chi connectivity index (χ4n) is 2.02. The van der Waals surface area contributed by atoms with Crippen LogP contribution in [0.15, 0.2) is 36.4 Å². The molecule has 0 aliphatic carbocycles. The van der Waals surface area contributed by atoms with Gasteiger partial charge in [0, 0.05) is 5.56 Å². The summed E-state index contributed by atoms with van der Waals surface area (Å²) in [6.45, 7) is 0. The van der Waals surface area contributed by atoms with Gasteiger partial charge < -0.3 is 15.2 Å². The summed E-state index contributed by atoms with van der Waals surface area (Å²) < 4.78 is 11.5. The van der Waals surface area contributed by atoms with Crippen LogP contribution >= 0.6 is 11.3 Å². The molecule has 20 heavy (non-hydrogen) atoms. The first-order chi connectivity index (χ1) is 9.71. The Labute approximate surface area is 120 Å². The zero-order valence-electron chi connectivity index (χ0n) is 11.2. The van der Waals surface area contributed by atoms with E-state index in [1.807, 2.05) is 36.4 Å². The highest BCUT2D eigenvalue weighted by Gasteiger charge is 2.09. The van der Waals surface area contributed by atoms with E-state index in [1.165, 1.54) is 0 Å². The molecule has 2 aromatic carbocycles. The van der Waals surface area contributed by atoms with Crippen molar-refractivity contribution in [3.8, 4) is 22.1 Å². The molecule has 0 bridgehead atoms. The lowest BCUT2D eigenvalue weighted by molar-refractivity contribution is 0.415. The van der Waals surface area contributed by atoms with Crippen molar-refractivity contribution in [1.82, 2.24) is 4.98 Å². The molecule has 0 saturated carbocycles. The van der Waals surface area contributed by atoms with Gasteiger partial charge in [0.2, 0.25) is 0 Å². The van der Waals surface area contributed by atoms with Gasteiger partial charge in [-0.05, 0) is 36.4 Å². The van der Waals surface area contributed by atoms with E-state index in [4.69, 9.17) is 15.2 Å². The third-order valence-corrected chi connectivity index (χ3v) is 4.14. The Morgan fingerprint density at radius 2 is 1.90 bits per heavy atom. The fourth-order valence-corrected chi connectivity index (χ4v) is 3.01. The van der Waals surface area contributed by atoms with Crippen LogP contribution in [-0.4, -0.2) is 19.2 Å². The van der Waals surface area contributed by atoms with Crippen LogP contribution in [-0.2, 0) is 0 Å². The molecule has 5 heteroatoms. The minimum Gasteiger partial charge on any atom is -0.497 e. The predicted molar refractivity (Wildman–Crippen MR) is 82.6 cm³/mol. The summed E-state index contributed by atoms with van der Waals surface area (Å²) in [6.07, 6.45) is 0. The lowest BCUT2D eigenvalue weighted by Gasteiger charge is -2.04. The van der Waals surface area contributed by atoms with Gasteiger partial charge in [-0.2, -0.15) is 0 Å². The van der Waals surface area contributed by atoms with E-state index in [2.05, 4.69) is 4.98 Å². The van der Waals surface area contributed by atoms with Crippen molar-refractivity contribution < 1.29 is 9.47 Å². The first-order valence-corrected chi connectivity index (χ1v) is 6.91. The molecule has 0 atom stereocenters. The SMILES string of the molecule is COc1ccc2nc(-c3ccc(OC)c(N)c3)sc2c1. The lowest BCUT2D eigenvalue weighted by atomic mass is 10.2. The van der Waals surface area contributed by atoms with Gasteiger partial charge in [-0.15, -0.1) is 11.3 Å². The van der Waals surface area contributed by atoms with Crippen LogP contribution in [0.4, 0.5) is 5.69 Å². The summed E-state index contributed by atoms with van der Waals surface area (Å²) in [5.74, 6) is 1.51. The quantitative estimate of drug-likeness (QED) is 0.748. The topological polar surface area (TPSA) is 57.4 Å². The maximum Gasteiger partial charge on any atom is 0.141 e. The number of nitrogen functional groups attached to an aromatic ring is 1. The van der Waals surface area contributed by atoms with Gasteiger partial charge >= 0.3 is 0 Å². The Hall–Kier alpha value is -2.27. The number of aromatic nitrogens is 1. The number of ether oxygens (including phenoxy) is 2. The van der Waals surface area contributed by atoms with E-state index < -0.39 is 0 Å². The van der Waals surface area contributed by atoms with Crippen LogP contribution in [0.25, 0.3) is 20.8 Å². The number of thiazole rings is 1.